The fourth-order valence-corrected chi connectivity index (χ4v) is 12.0. The second-order valence-electron chi connectivity index (χ2n) is 24.4. The summed E-state index contributed by atoms with van der Waals surface area (Å²) in [5, 5.41) is 9.73. The molecule has 4 heterocycles. The molecule has 0 bridgehead atoms. The highest BCUT2D eigenvalue weighted by atomic mass is 16.6. The first kappa shape index (κ1) is 74.3. The number of piperidine rings is 2. The number of carbonyl (C=O) groups is 7. The van der Waals surface area contributed by atoms with Gasteiger partial charge in [-0.3, -0.25) is 9.59 Å². The van der Waals surface area contributed by atoms with Crippen molar-refractivity contribution in [1.82, 2.24) is 30.7 Å². The third kappa shape index (κ3) is 19.6. The standard InChI is InChI=1S/C37H55N3O9.C32H47N3O7/c1-11-46-34(42)30-24(5)38-25(6)31(35(43)47-12-2)32(30)28-17-16-26(21-29(28)48-20-14-19-45-10)33(41)40(23(3)4)27-15-13-18-39(22-27)36(44)49-37(7,8)9;1-8-40-31(37)27-21(5)34-22(6)28(32(38)41-9-2)29(27)25-14-13-23(18-26(25)42-17-11-16-39-7)30(36)35(20(3)4)24-12-10-15-33-19-24/h16-17,21,23,27,32,38H,11-15,18-20,22H2,1-10H3;13-14,18,20,24,29,33-34H,8-12,15-17,19H2,1-7H3/t27-;24-/m11/s1. The molecule has 22 nitrogen and oxygen atoms in total. The van der Waals surface area contributed by atoms with Crippen molar-refractivity contribution < 1.29 is 76.2 Å². The van der Waals surface area contributed by atoms with Crippen molar-refractivity contribution in [3.8, 4) is 11.5 Å². The lowest BCUT2D eigenvalue weighted by Crippen LogP contribution is -2.54. The number of amides is 3. The van der Waals surface area contributed by atoms with E-state index in [1.165, 1.54) is 0 Å². The molecule has 3 N–H and O–H groups in total. The first-order chi connectivity index (χ1) is 43.3. The van der Waals surface area contributed by atoms with Crippen molar-refractivity contribution in [1.29, 1.82) is 0 Å². The van der Waals surface area contributed by atoms with Gasteiger partial charge in [0.1, 0.15) is 17.1 Å². The molecule has 504 valence electrons. The van der Waals surface area contributed by atoms with Gasteiger partial charge in [0.05, 0.1) is 79.8 Å². The molecule has 2 aromatic rings. The second-order valence-corrected chi connectivity index (χ2v) is 24.4. The topological polar surface area (TPSA) is 248 Å². The number of carbonyl (C=O) groups excluding carboxylic acids is 7. The lowest BCUT2D eigenvalue weighted by atomic mass is 9.79. The number of dihydropyridines is 2. The molecule has 0 saturated carbocycles. The number of benzene rings is 2. The molecule has 2 atom stereocenters. The number of likely N-dealkylation sites (tertiary alicyclic amines) is 1. The number of methoxy groups -OCH3 is 2. The van der Waals surface area contributed by atoms with Crippen LogP contribution in [0.3, 0.4) is 0 Å². The highest BCUT2D eigenvalue weighted by molar-refractivity contribution is 6.02. The summed E-state index contributed by atoms with van der Waals surface area (Å²) in [5.74, 6) is -3.49. The highest BCUT2D eigenvalue weighted by Crippen LogP contribution is 2.45. The Balaban J connectivity index is 0.000000334. The predicted molar refractivity (Wildman–Crippen MR) is 345 cm³/mol. The fourth-order valence-electron chi connectivity index (χ4n) is 12.0. The number of hydrogen-bond acceptors (Lipinski definition) is 19. The Morgan fingerprint density at radius 3 is 1.29 bits per heavy atom. The van der Waals surface area contributed by atoms with Crippen LogP contribution < -0.4 is 25.4 Å². The molecule has 3 amide bonds. The minimum Gasteiger partial charge on any atom is -0.493 e. The summed E-state index contributed by atoms with van der Waals surface area (Å²) in [4.78, 5) is 100. The SMILES string of the molecule is CCOC(=O)C1=C(C)NC(C)=C(C(=O)OCC)C1c1ccc(C(=O)N(C(C)C)[C@@H]2CCCN(C(=O)OC(C)(C)C)C2)cc1OCCCOC.CCOC(=O)C1=C(C)NC(C)=C(C(=O)OCC)C1c1ccc(C(=O)N(C(C)C)[C@@H]2CCCNC2)cc1OCCCOC. The monoisotopic (exact) mass is 1270 g/mol. The average molecular weight is 1270 g/mol. The minimum absolute atomic E-state index is 0.000402. The van der Waals surface area contributed by atoms with Gasteiger partial charge in [0, 0.05) is 123 Å². The second kappa shape index (κ2) is 35.4. The van der Waals surface area contributed by atoms with Crippen molar-refractivity contribution >= 4 is 41.8 Å². The summed E-state index contributed by atoms with van der Waals surface area (Å²) in [7, 11) is 3.23. The van der Waals surface area contributed by atoms with E-state index in [0.29, 0.717) is 113 Å². The van der Waals surface area contributed by atoms with E-state index in [1.807, 2.05) is 58.3 Å². The van der Waals surface area contributed by atoms with Crippen LogP contribution in [0.25, 0.3) is 0 Å². The first-order valence-electron chi connectivity index (χ1n) is 32.2. The normalized spacial score (nSPS) is 17.4. The van der Waals surface area contributed by atoms with Crippen molar-refractivity contribution in [3.05, 3.63) is 104 Å². The molecule has 2 aromatic carbocycles. The number of ether oxygens (including phenoxy) is 9. The molecule has 0 unspecified atom stereocenters. The van der Waals surface area contributed by atoms with Gasteiger partial charge in [0.25, 0.3) is 11.8 Å². The largest absolute Gasteiger partial charge is 0.493 e. The van der Waals surface area contributed by atoms with E-state index < -0.39 is 47.4 Å². The summed E-state index contributed by atoms with van der Waals surface area (Å²) in [6.07, 6.45) is 4.20. The Morgan fingerprint density at radius 1 is 0.560 bits per heavy atom. The number of nitrogens with zero attached hydrogens (tertiary/aromatic N) is 3. The molecule has 0 aliphatic carbocycles. The summed E-state index contributed by atoms with van der Waals surface area (Å²) >= 11 is 0. The van der Waals surface area contributed by atoms with Gasteiger partial charge in [-0.25, -0.2) is 24.0 Å². The maximum Gasteiger partial charge on any atom is 0.410 e. The van der Waals surface area contributed by atoms with Crippen LogP contribution in [0.1, 0.15) is 186 Å². The van der Waals surface area contributed by atoms with E-state index in [2.05, 4.69) is 16.0 Å². The van der Waals surface area contributed by atoms with Gasteiger partial charge in [-0.2, -0.15) is 0 Å². The van der Waals surface area contributed by atoms with Gasteiger partial charge < -0.3 is 73.3 Å². The smallest absolute Gasteiger partial charge is 0.410 e. The Hall–Kier alpha value is -7.43. The number of allylic oxidation sites excluding steroid dienone is 4. The molecule has 91 heavy (non-hydrogen) atoms. The van der Waals surface area contributed by atoms with Crippen molar-refractivity contribution in [2.75, 3.05) is 93.3 Å². The van der Waals surface area contributed by atoms with Crippen LogP contribution in [-0.2, 0) is 52.3 Å². The van der Waals surface area contributed by atoms with Gasteiger partial charge in [-0.15, -0.1) is 0 Å². The van der Waals surface area contributed by atoms with Crippen LogP contribution in [0, 0.1) is 0 Å². The summed E-state index contributed by atoms with van der Waals surface area (Å²) < 4.78 is 50.4. The average Bonchev–Trinajstić information content (AvgIpc) is 0.909. The molecule has 6 rings (SSSR count). The lowest BCUT2D eigenvalue weighted by Gasteiger charge is -2.41. The van der Waals surface area contributed by atoms with Gasteiger partial charge in [0.15, 0.2) is 0 Å². The van der Waals surface area contributed by atoms with Crippen LogP contribution in [0.5, 0.6) is 11.5 Å². The van der Waals surface area contributed by atoms with E-state index in [0.717, 1.165) is 38.8 Å². The number of nitrogens with one attached hydrogen (secondary N) is 3. The van der Waals surface area contributed by atoms with Crippen LogP contribution in [0.4, 0.5) is 4.79 Å². The maximum atomic E-state index is 14.4. The Bertz CT molecular complexity index is 2930. The van der Waals surface area contributed by atoms with E-state index in [4.69, 9.17) is 42.6 Å². The van der Waals surface area contributed by atoms with Crippen molar-refractivity contribution in [3.63, 3.8) is 0 Å². The predicted octanol–water partition coefficient (Wildman–Crippen LogP) is 9.78. The van der Waals surface area contributed by atoms with Crippen LogP contribution >= 0.6 is 0 Å². The van der Waals surface area contributed by atoms with E-state index >= 15 is 0 Å². The van der Waals surface area contributed by atoms with Crippen LogP contribution in [0.15, 0.2) is 81.5 Å². The molecular weight excluding hydrogens is 1170 g/mol. The number of hydrogen-bond donors (Lipinski definition) is 3. The third-order valence-electron chi connectivity index (χ3n) is 15.8. The van der Waals surface area contributed by atoms with Gasteiger partial charge in [0.2, 0.25) is 0 Å². The number of rotatable bonds is 26. The highest BCUT2D eigenvalue weighted by Gasteiger charge is 2.43. The van der Waals surface area contributed by atoms with Crippen molar-refractivity contribution in [2.24, 2.45) is 0 Å². The molecule has 0 aromatic heterocycles. The van der Waals surface area contributed by atoms with Gasteiger partial charge in [-0.05, 0) is 160 Å². The van der Waals surface area contributed by atoms with Gasteiger partial charge in [-0.1, -0.05) is 12.1 Å². The molecule has 4 aliphatic heterocycles. The van der Waals surface area contributed by atoms with Gasteiger partial charge >= 0.3 is 30.0 Å². The molecular formula is C69H102N6O16. The Kier molecular flexibility index (Phi) is 28.9. The summed E-state index contributed by atoms with van der Waals surface area (Å²) in [6, 6.07) is 10.1. The zero-order chi connectivity index (χ0) is 67.3. The molecule has 0 spiro atoms. The Labute approximate surface area is 539 Å². The quantitative estimate of drug-likeness (QED) is 0.0450. The Morgan fingerprint density at radius 2 is 0.945 bits per heavy atom. The third-order valence-corrected chi connectivity index (χ3v) is 15.8. The zero-order valence-corrected chi connectivity index (χ0v) is 57.0. The van der Waals surface area contributed by atoms with Crippen molar-refractivity contribution in [2.45, 2.75) is 184 Å². The maximum absolute atomic E-state index is 14.4. The molecule has 22 heteroatoms. The van der Waals surface area contributed by atoms with Crippen LogP contribution in [-0.4, -0.2) is 180 Å². The van der Waals surface area contributed by atoms with Crippen LogP contribution in [0.2, 0.25) is 0 Å². The summed E-state index contributed by atoms with van der Waals surface area (Å²) in [5.41, 5.74) is 4.64. The summed E-state index contributed by atoms with van der Waals surface area (Å²) in [6.45, 7) is 32.2. The molecule has 2 fully saturated rings. The molecule has 4 aliphatic rings. The van der Waals surface area contributed by atoms with E-state index in [-0.39, 0.29) is 80.2 Å². The fraction of sp³-hybridized carbons (Fsp3) is 0.609. The lowest BCUT2D eigenvalue weighted by molar-refractivity contribution is -0.141. The number of esters is 4. The van der Waals surface area contributed by atoms with E-state index in [9.17, 15) is 33.6 Å². The molecule has 0 radical (unpaired) electrons. The zero-order valence-electron chi connectivity index (χ0n) is 57.0. The first-order valence-corrected chi connectivity index (χ1v) is 32.2. The minimum atomic E-state index is -0.886. The van der Waals surface area contributed by atoms with E-state index in [1.54, 1.807) is 111 Å². The molecule has 2 saturated heterocycles.